The van der Waals surface area contributed by atoms with Crippen molar-refractivity contribution < 1.29 is 29.0 Å². The van der Waals surface area contributed by atoms with Gasteiger partial charge in [-0.3, -0.25) is 29.2 Å². The zero-order valence-corrected chi connectivity index (χ0v) is 37.9. The van der Waals surface area contributed by atoms with Crippen LogP contribution in [0, 0.1) is 23.2 Å². The number of esters is 1. The summed E-state index contributed by atoms with van der Waals surface area (Å²) in [7, 11) is 1.66. The number of nitrogens with zero attached hydrogens (tertiary/aromatic N) is 4. The number of nitrogens with one attached hydrogen (secondary N) is 3. The summed E-state index contributed by atoms with van der Waals surface area (Å²) in [6.45, 7) is 18.9. The number of likely N-dealkylation sites (N-methyl/N-ethyl adjacent to an activating group) is 1. The molecule has 4 aromatic rings. The number of phenols is 1. The third-order valence-corrected chi connectivity index (χ3v) is 13.0. The number of cyclic esters (lactones) is 1. The van der Waals surface area contributed by atoms with E-state index in [9.17, 15) is 24.3 Å². The van der Waals surface area contributed by atoms with Crippen LogP contribution in [-0.4, -0.2) is 99.7 Å². The second-order valence-corrected chi connectivity index (χ2v) is 19.2. The molecule has 6 bridgehead atoms. The van der Waals surface area contributed by atoms with Gasteiger partial charge in [0.1, 0.15) is 23.9 Å². The number of carbonyl (C=O) groups excluding carboxylic acids is 4. The Bertz CT molecular complexity index is 2330. The van der Waals surface area contributed by atoms with Gasteiger partial charge in [0, 0.05) is 61.2 Å². The van der Waals surface area contributed by atoms with Crippen LogP contribution in [0.15, 0.2) is 54.7 Å². The maximum absolute atomic E-state index is 14.6. The Morgan fingerprint density at radius 1 is 1.06 bits per heavy atom. The van der Waals surface area contributed by atoms with Crippen LogP contribution in [0.4, 0.5) is 0 Å². The van der Waals surface area contributed by atoms with Gasteiger partial charge in [-0.25, -0.2) is 5.43 Å². The molecule has 3 aliphatic heterocycles. The van der Waals surface area contributed by atoms with E-state index in [1.165, 1.54) is 9.91 Å². The second kappa shape index (κ2) is 18.2. The number of hydrogen-bond acceptors (Lipinski definition) is 9. The number of benzene rings is 2. The lowest BCUT2D eigenvalue weighted by atomic mass is 9.83. The number of hydrogen-bond donors (Lipinski definition) is 4. The molecule has 2 aromatic heterocycles. The van der Waals surface area contributed by atoms with Crippen LogP contribution in [0.2, 0.25) is 0 Å². The van der Waals surface area contributed by atoms with Gasteiger partial charge < -0.3 is 29.9 Å². The molecule has 0 spiro atoms. The van der Waals surface area contributed by atoms with Crippen LogP contribution in [0.5, 0.6) is 5.75 Å². The van der Waals surface area contributed by atoms with E-state index in [2.05, 4.69) is 79.5 Å². The minimum absolute atomic E-state index is 0.0261. The van der Waals surface area contributed by atoms with Crippen LogP contribution in [0.1, 0.15) is 91.0 Å². The number of amides is 3. The molecule has 0 unspecified atom stereocenters. The maximum Gasteiger partial charge on any atom is 0.324 e. The summed E-state index contributed by atoms with van der Waals surface area (Å²) in [5, 5.41) is 20.1. The Balaban J connectivity index is 1.34. The number of ether oxygens (including phenoxy) is 1. The smallest absolute Gasteiger partial charge is 0.324 e. The fourth-order valence-corrected chi connectivity index (χ4v) is 9.81. The highest BCUT2D eigenvalue weighted by molar-refractivity contribution is 5.96. The van der Waals surface area contributed by atoms with Crippen LogP contribution in [0.25, 0.3) is 33.3 Å². The molecule has 62 heavy (non-hydrogen) atoms. The summed E-state index contributed by atoms with van der Waals surface area (Å²) >= 11 is 0. The van der Waals surface area contributed by atoms with E-state index in [0.29, 0.717) is 44.5 Å². The number of aromatic hydroxyl groups is 1. The predicted molar refractivity (Wildman–Crippen MR) is 241 cm³/mol. The highest BCUT2D eigenvalue weighted by atomic mass is 16.5. The van der Waals surface area contributed by atoms with Crippen LogP contribution in [0.3, 0.4) is 0 Å². The van der Waals surface area contributed by atoms with E-state index in [1.807, 2.05) is 39.1 Å². The molecule has 2 saturated heterocycles. The monoisotopic (exact) mass is 847 g/mol. The third-order valence-electron chi connectivity index (χ3n) is 13.0. The molecule has 5 heterocycles. The predicted octanol–water partition coefficient (Wildman–Crippen LogP) is 6.21. The largest absolute Gasteiger partial charge is 0.508 e. The minimum atomic E-state index is -1.10. The Labute approximate surface area is 365 Å². The number of aryl methyl sites for hydroxylation is 1. The van der Waals surface area contributed by atoms with E-state index in [-0.39, 0.29) is 48.4 Å². The fraction of sp³-hybridized carbons (Fsp3) is 0.531. The Kier molecular flexibility index (Phi) is 13.2. The summed E-state index contributed by atoms with van der Waals surface area (Å²) < 4.78 is 8.45. The van der Waals surface area contributed by atoms with Gasteiger partial charge in [0.25, 0.3) is 5.91 Å². The summed E-state index contributed by atoms with van der Waals surface area (Å²) in [6, 6.07) is 13.1. The van der Waals surface area contributed by atoms with Gasteiger partial charge in [0.15, 0.2) is 0 Å². The van der Waals surface area contributed by atoms with Crippen LogP contribution in [-0.2, 0) is 43.3 Å². The lowest BCUT2D eigenvalue weighted by molar-refractivity contribution is -0.155. The molecule has 4 N–H and O–H groups in total. The van der Waals surface area contributed by atoms with Crippen molar-refractivity contribution in [2.24, 2.45) is 23.2 Å². The summed E-state index contributed by atoms with van der Waals surface area (Å²) in [5.74, 6) is -1.63. The molecule has 0 aliphatic carbocycles. The van der Waals surface area contributed by atoms with Gasteiger partial charge in [-0.15, -0.1) is 0 Å². The first-order valence-corrected chi connectivity index (χ1v) is 22.4. The number of carbonyl (C=O) groups is 4. The summed E-state index contributed by atoms with van der Waals surface area (Å²) in [5.41, 5.74) is 10.3. The van der Waals surface area contributed by atoms with Crippen molar-refractivity contribution >= 4 is 34.6 Å². The van der Waals surface area contributed by atoms with Crippen molar-refractivity contribution in [1.82, 2.24) is 35.5 Å². The SMILES string of the molecule is CCn1c(-c2cccnc2C(C)C)c2c3cc(ccc31)-c1cc(O)cc(c1)C[C@H](NC(=O)[C@H](C(C)C)N(C)C(=O)[C@H]1CNC[C@H]1C)C(=O)N1CCC[C@H](N1)C(=O)OCC(C)(C)C2. The van der Waals surface area contributed by atoms with E-state index in [1.54, 1.807) is 19.2 Å². The molecular weight excluding hydrogens is 783 g/mol. The van der Waals surface area contributed by atoms with E-state index >= 15 is 0 Å². The van der Waals surface area contributed by atoms with Crippen molar-refractivity contribution in [2.75, 3.05) is 33.3 Å². The fourth-order valence-electron chi connectivity index (χ4n) is 9.81. The molecule has 0 saturated carbocycles. The number of fused-ring (bicyclic) bond motifs is 6. The first-order chi connectivity index (χ1) is 29.5. The van der Waals surface area contributed by atoms with Crippen molar-refractivity contribution in [3.05, 3.63) is 71.5 Å². The van der Waals surface area contributed by atoms with Gasteiger partial charge in [0.05, 0.1) is 23.9 Å². The zero-order valence-electron chi connectivity index (χ0n) is 37.9. The number of rotatable bonds is 8. The molecule has 3 amide bonds. The standard InChI is InChI=1S/C49H65N7O6/c1-10-55-41-16-15-32-23-36(41)37(44(55)35-13-11-17-51-42(35)28(2)3)24-49(7,8)27-62-48(61)39-14-12-18-56(53-39)47(60)40(21-31-19-33(32)22-34(57)20-31)52-45(58)43(29(4)5)54(9)46(59)38-26-50-25-30(38)6/h11,13,15-17,19-20,22-23,28-30,38-40,43,50,53,57H,10,12,14,18,21,24-27H2,1-9H3,(H,52,58)/t30-,38+,39+,40+,43+/m1/s1. The lowest BCUT2D eigenvalue weighted by Gasteiger charge is -2.37. The molecule has 5 atom stereocenters. The average Bonchev–Trinajstić information content (AvgIpc) is 3.80. The zero-order chi connectivity index (χ0) is 44.6. The number of pyridine rings is 1. The number of hydrazine groups is 1. The molecule has 3 aliphatic rings. The van der Waals surface area contributed by atoms with Crippen LogP contribution < -0.4 is 16.1 Å². The van der Waals surface area contributed by atoms with E-state index in [4.69, 9.17) is 9.72 Å². The van der Waals surface area contributed by atoms with Crippen LogP contribution >= 0.6 is 0 Å². The first-order valence-electron chi connectivity index (χ1n) is 22.4. The van der Waals surface area contributed by atoms with Gasteiger partial charge in [0.2, 0.25) is 11.8 Å². The Hall–Kier alpha value is -5.27. The van der Waals surface area contributed by atoms with Crippen molar-refractivity contribution in [3.63, 3.8) is 0 Å². The lowest BCUT2D eigenvalue weighted by Crippen LogP contribution is -2.62. The van der Waals surface area contributed by atoms with Gasteiger partial charge in [-0.05, 0) is 109 Å². The van der Waals surface area contributed by atoms with Gasteiger partial charge >= 0.3 is 5.97 Å². The third kappa shape index (κ3) is 9.11. The maximum atomic E-state index is 14.6. The second-order valence-electron chi connectivity index (χ2n) is 19.2. The summed E-state index contributed by atoms with van der Waals surface area (Å²) in [6.07, 6.45) is 3.50. The topological polar surface area (TPSA) is 158 Å². The molecule has 332 valence electrons. The number of aromatic nitrogens is 2. The molecule has 0 radical (unpaired) electrons. The molecule has 2 fully saturated rings. The first kappa shape index (κ1) is 44.8. The van der Waals surface area contributed by atoms with E-state index < -0.39 is 41.3 Å². The highest BCUT2D eigenvalue weighted by Gasteiger charge is 2.40. The van der Waals surface area contributed by atoms with Crippen molar-refractivity contribution in [1.29, 1.82) is 0 Å². The van der Waals surface area contributed by atoms with Gasteiger partial charge in [-0.1, -0.05) is 60.6 Å². The average molecular weight is 848 g/mol. The Morgan fingerprint density at radius 2 is 1.84 bits per heavy atom. The molecule has 13 nitrogen and oxygen atoms in total. The molecule has 2 aromatic carbocycles. The molecule has 7 rings (SSSR count). The molecule has 13 heteroatoms. The quantitative estimate of drug-likeness (QED) is 0.152. The minimum Gasteiger partial charge on any atom is -0.508 e. The summed E-state index contributed by atoms with van der Waals surface area (Å²) in [4.78, 5) is 63.1. The number of phenolic OH excluding ortho intramolecular Hbond substituents is 1. The highest BCUT2D eigenvalue weighted by Crippen LogP contribution is 2.42. The Morgan fingerprint density at radius 3 is 2.53 bits per heavy atom. The molecular formula is C49H65N7O6. The van der Waals surface area contributed by atoms with Crippen molar-refractivity contribution in [2.45, 2.75) is 112 Å². The normalized spacial score (nSPS) is 22.4. The van der Waals surface area contributed by atoms with Gasteiger partial charge in [-0.2, -0.15) is 0 Å². The van der Waals surface area contributed by atoms with Crippen molar-refractivity contribution in [3.8, 4) is 28.1 Å². The van der Waals surface area contributed by atoms with E-state index in [0.717, 1.165) is 51.1 Å².